The first-order valence-electron chi connectivity index (χ1n) is 3.74. The number of rotatable bonds is 3. The van der Waals surface area contributed by atoms with Crippen molar-refractivity contribution in [2.75, 3.05) is 0 Å². The van der Waals surface area contributed by atoms with Gasteiger partial charge in [0, 0.05) is 0 Å². The molecule has 0 amide bonds. The molecule has 5 heteroatoms. The Balaban J connectivity index is 2.81. The van der Waals surface area contributed by atoms with Crippen molar-refractivity contribution in [1.29, 1.82) is 0 Å². The van der Waals surface area contributed by atoms with E-state index in [2.05, 4.69) is 4.18 Å². The number of benzene rings is 1. The molecule has 3 nitrogen and oxygen atoms in total. The summed E-state index contributed by atoms with van der Waals surface area (Å²) in [7, 11) is 0.967. The molecule has 1 rings (SSSR count). The van der Waals surface area contributed by atoms with Crippen LogP contribution in [0, 0.1) is 0 Å². The molecule has 0 aliphatic heterocycles. The molecule has 0 aliphatic rings. The van der Waals surface area contributed by atoms with Crippen LogP contribution in [0.4, 0.5) is 0 Å². The normalized spacial score (nSPS) is 11.2. The van der Waals surface area contributed by atoms with Gasteiger partial charge in [0.1, 0.15) is 5.75 Å². The highest BCUT2D eigenvalue weighted by molar-refractivity contribution is 8.10. The fourth-order valence-corrected chi connectivity index (χ4v) is 1.45. The molecular formula is C8H9ClO3S. The van der Waals surface area contributed by atoms with E-state index in [-0.39, 0.29) is 5.75 Å². The van der Waals surface area contributed by atoms with Gasteiger partial charge in [-0.15, -0.1) is 0 Å². The average Bonchev–Trinajstić information content (AvgIpc) is 2.03. The highest BCUT2D eigenvalue weighted by atomic mass is 35.7. The molecule has 0 aromatic heterocycles. The van der Waals surface area contributed by atoms with Crippen LogP contribution < -0.4 is 4.18 Å². The molecule has 0 unspecified atom stereocenters. The molecule has 0 aliphatic carbocycles. The summed E-state index contributed by atoms with van der Waals surface area (Å²) in [5.74, 6) is 0.229. The summed E-state index contributed by atoms with van der Waals surface area (Å²) < 4.78 is 25.4. The molecule has 0 heterocycles. The Hall–Kier alpha value is -0.740. The Labute approximate surface area is 81.9 Å². The van der Waals surface area contributed by atoms with Gasteiger partial charge in [0.15, 0.2) is 0 Å². The zero-order chi connectivity index (χ0) is 9.90. The third-order valence-electron chi connectivity index (χ3n) is 1.53. The molecule has 0 N–H and O–H groups in total. The smallest absolute Gasteiger partial charge is 0.371 e. The van der Waals surface area contributed by atoms with E-state index in [1.54, 1.807) is 24.3 Å². The van der Waals surface area contributed by atoms with Gasteiger partial charge in [-0.05, 0) is 24.1 Å². The number of hydrogen-bond donors (Lipinski definition) is 0. The molecule has 0 fully saturated rings. The Kier molecular flexibility index (Phi) is 3.17. The molecule has 0 atom stereocenters. The van der Waals surface area contributed by atoms with E-state index in [0.29, 0.717) is 0 Å². The molecule has 1 aromatic carbocycles. The number of hydrogen-bond acceptors (Lipinski definition) is 3. The second-order valence-corrected chi connectivity index (χ2v) is 4.56. The maximum absolute atomic E-state index is 10.5. The SMILES string of the molecule is CCc1ccc(OS(=O)(=O)Cl)cc1. The molecule has 0 radical (unpaired) electrons. The topological polar surface area (TPSA) is 43.4 Å². The fraction of sp³-hybridized carbons (Fsp3) is 0.250. The van der Waals surface area contributed by atoms with Crippen molar-refractivity contribution in [1.82, 2.24) is 0 Å². The van der Waals surface area contributed by atoms with E-state index in [1.807, 2.05) is 6.92 Å². The predicted octanol–water partition coefficient (Wildman–Crippen LogP) is 2.11. The fourth-order valence-electron chi connectivity index (χ4n) is 0.896. The maximum atomic E-state index is 10.5. The van der Waals surface area contributed by atoms with E-state index in [4.69, 9.17) is 10.7 Å². The Morgan fingerprint density at radius 1 is 1.31 bits per heavy atom. The average molecular weight is 221 g/mol. The van der Waals surface area contributed by atoms with Crippen LogP contribution in [0.25, 0.3) is 0 Å². The first kappa shape index (κ1) is 10.3. The van der Waals surface area contributed by atoms with Gasteiger partial charge in [0.2, 0.25) is 0 Å². The summed E-state index contributed by atoms with van der Waals surface area (Å²) in [4.78, 5) is 0. The molecule has 0 saturated carbocycles. The maximum Gasteiger partial charge on any atom is 0.401 e. The van der Waals surface area contributed by atoms with Crippen molar-refractivity contribution in [2.45, 2.75) is 13.3 Å². The van der Waals surface area contributed by atoms with E-state index >= 15 is 0 Å². The van der Waals surface area contributed by atoms with Crippen molar-refractivity contribution < 1.29 is 12.6 Å². The van der Waals surface area contributed by atoms with Crippen molar-refractivity contribution in [3.8, 4) is 5.75 Å². The van der Waals surface area contributed by atoms with E-state index in [1.165, 1.54) is 0 Å². The van der Waals surface area contributed by atoms with Crippen LogP contribution in [0.2, 0.25) is 0 Å². The molecule has 13 heavy (non-hydrogen) atoms. The lowest BCUT2D eigenvalue weighted by Crippen LogP contribution is -1.99. The van der Waals surface area contributed by atoms with Crippen molar-refractivity contribution in [3.05, 3.63) is 29.8 Å². The highest BCUT2D eigenvalue weighted by Crippen LogP contribution is 2.15. The minimum atomic E-state index is -3.92. The van der Waals surface area contributed by atoms with Gasteiger partial charge in [0.25, 0.3) is 0 Å². The molecule has 72 valence electrons. The summed E-state index contributed by atoms with van der Waals surface area (Å²) in [6.07, 6.45) is 0.897. The van der Waals surface area contributed by atoms with Gasteiger partial charge in [-0.1, -0.05) is 19.1 Å². The minimum Gasteiger partial charge on any atom is -0.371 e. The molecule has 0 spiro atoms. The van der Waals surface area contributed by atoms with Gasteiger partial charge in [0.05, 0.1) is 10.7 Å². The van der Waals surface area contributed by atoms with Crippen LogP contribution in [-0.4, -0.2) is 8.42 Å². The minimum absolute atomic E-state index is 0.229. The van der Waals surface area contributed by atoms with E-state index in [9.17, 15) is 8.42 Å². The molecule has 1 aromatic rings. The second-order valence-electron chi connectivity index (χ2n) is 2.47. The van der Waals surface area contributed by atoms with E-state index < -0.39 is 9.33 Å². The van der Waals surface area contributed by atoms with Gasteiger partial charge in [-0.2, -0.15) is 8.42 Å². The quantitative estimate of drug-likeness (QED) is 0.733. The standard InChI is InChI=1S/C8H9ClO3S/c1-2-7-3-5-8(6-4-7)12-13(9,10)11/h3-6H,2H2,1H3. The van der Waals surface area contributed by atoms with Crippen LogP contribution in [0.15, 0.2) is 24.3 Å². The lowest BCUT2D eigenvalue weighted by Gasteiger charge is -2.01. The van der Waals surface area contributed by atoms with Crippen LogP contribution in [0.1, 0.15) is 12.5 Å². The molecular weight excluding hydrogens is 212 g/mol. The predicted molar refractivity (Wildman–Crippen MR) is 51.2 cm³/mol. The second kappa shape index (κ2) is 3.98. The van der Waals surface area contributed by atoms with Gasteiger partial charge in [-0.3, -0.25) is 0 Å². The Morgan fingerprint density at radius 3 is 2.23 bits per heavy atom. The zero-order valence-corrected chi connectivity index (χ0v) is 8.60. The Morgan fingerprint density at radius 2 is 1.85 bits per heavy atom. The Bertz CT molecular complexity index is 369. The summed E-state index contributed by atoms with van der Waals surface area (Å²) in [6, 6.07) is 6.71. The third-order valence-corrected chi connectivity index (χ3v) is 2.11. The zero-order valence-electron chi connectivity index (χ0n) is 7.03. The van der Waals surface area contributed by atoms with Crippen molar-refractivity contribution in [2.24, 2.45) is 0 Å². The summed E-state index contributed by atoms with van der Waals surface area (Å²) in [5.41, 5.74) is 1.11. The first-order chi connectivity index (χ1) is 6.01. The summed E-state index contributed by atoms with van der Waals surface area (Å²) in [5, 5.41) is 0. The van der Waals surface area contributed by atoms with Crippen LogP contribution in [0.3, 0.4) is 0 Å². The lowest BCUT2D eigenvalue weighted by molar-refractivity contribution is 0.503. The van der Waals surface area contributed by atoms with Gasteiger partial charge in [-0.25, -0.2) is 0 Å². The van der Waals surface area contributed by atoms with Crippen LogP contribution >= 0.6 is 10.7 Å². The van der Waals surface area contributed by atoms with Crippen LogP contribution in [-0.2, 0) is 15.8 Å². The van der Waals surface area contributed by atoms with Crippen LogP contribution in [0.5, 0.6) is 5.75 Å². The number of aryl methyl sites for hydroxylation is 1. The highest BCUT2D eigenvalue weighted by Gasteiger charge is 2.06. The largest absolute Gasteiger partial charge is 0.401 e. The summed E-state index contributed by atoms with van der Waals surface area (Å²) >= 11 is 0. The van der Waals surface area contributed by atoms with Gasteiger partial charge >= 0.3 is 9.33 Å². The monoisotopic (exact) mass is 220 g/mol. The first-order valence-corrected chi connectivity index (χ1v) is 5.97. The molecule has 0 bridgehead atoms. The van der Waals surface area contributed by atoms with Crippen molar-refractivity contribution >= 4 is 20.0 Å². The lowest BCUT2D eigenvalue weighted by atomic mass is 10.2. The molecule has 0 saturated heterocycles. The van der Waals surface area contributed by atoms with E-state index in [0.717, 1.165) is 12.0 Å². The van der Waals surface area contributed by atoms with Crippen molar-refractivity contribution in [3.63, 3.8) is 0 Å². The number of halogens is 1. The van der Waals surface area contributed by atoms with Gasteiger partial charge < -0.3 is 4.18 Å². The summed E-state index contributed by atoms with van der Waals surface area (Å²) in [6.45, 7) is 2.01. The third kappa shape index (κ3) is 3.65.